The first-order valence-electron chi connectivity index (χ1n) is 5.36. The normalized spacial score (nSPS) is 29.5. The van der Waals surface area contributed by atoms with E-state index in [1.54, 1.807) is 0 Å². The minimum absolute atomic E-state index is 0.160. The van der Waals surface area contributed by atoms with Crippen LogP contribution in [0.1, 0.15) is 32.1 Å². The van der Waals surface area contributed by atoms with Crippen LogP contribution in [0, 0.1) is 0 Å². The SMILES string of the molecule is CC(NC1CC(C)N(C)C1)c1nn[nH]n1. The van der Waals surface area contributed by atoms with Gasteiger partial charge in [0.05, 0.1) is 6.04 Å². The molecule has 1 aromatic rings. The number of aromatic amines is 1. The number of nitrogens with zero attached hydrogens (tertiary/aromatic N) is 4. The Morgan fingerprint density at radius 1 is 1.60 bits per heavy atom. The highest BCUT2D eigenvalue weighted by molar-refractivity contribution is 4.92. The van der Waals surface area contributed by atoms with Crippen molar-refractivity contribution in [2.24, 2.45) is 0 Å². The molecule has 0 aliphatic carbocycles. The molecule has 0 aromatic carbocycles. The molecule has 0 spiro atoms. The van der Waals surface area contributed by atoms with Gasteiger partial charge in [-0.1, -0.05) is 5.21 Å². The number of likely N-dealkylation sites (N-methyl/N-ethyl adjacent to an activating group) is 1. The second kappa shape index (κ2) is 4.24. The van der Waals surface area contributed by atoms with Gasteiger partial charge in [0.2, 0.25) is 0 Å². The minimum Gasteiger partial charge on any atom is -0.303 e. The summed E-state index contributed by atoms with van der Waals surface area (Å²) < 4.78 is 0. The maximum atomic E-state index is 3.97. The van der Waals surface area contributed by atoms with E-state index in [1.807, 2.05) is 0 Å². The molecule has 1 saturated heterocycles. The van der Waals surface area contributed by atoms with Crippen LogP contribution in [0.5, 0.6) is 0 Å². The zero-order valence-corrected chi connectivity index (χ0v) is 9.44. The van der Waals surface area contributed by atoms with Gasteiger partial charge in [0.1, 0.15) is 0 Å². The summed E-state index contributed by atoms with van der Waals surface area (Å²) in [5.41, 5.74) is 0. The van der Waals surface area contributed by atoms with Crippen molar-refractivity contribution in [3.63, 3.8) is 0 Å². The molecular formula is C9H18N6. The van der Waals surface area contributed by atoms with E-state index in [-0.39, 0.29) is 6.04 Å². The molecule has 6 nitrogen and oxygen atoms in total. The first-order valence-corrected chi connectivity index (χ1v) is 5.36. The predicted octanol–water partition coefficient (Wildman–Crippen LogP) is -0.0571. The number of H-pyrrole nitrogens is 1. The van der Waals surface area contributed by atoms with Crippen LogP contribution >= 0.6 is 0 Å². The zero-order chi connectivity index (χ0) is 10.8. The lowest BCUT2D eigenvalue weighted by Crippen LogP contribution is -2.34. The summed E-state index contributed by atoms with van der Waals surface area (Å²) in [6, 6.07) is 1.34. The molecule has 2 heterocycles. The molecule has 3 unspecified atom stereocenters. The lowest BCUT2D eigenvalue weighted by atomic mass is 10.1. The molecule has 2 rings (SSSR count). The van der Waals surface area contributed by atoms with Gasteiger partial charge in [-0.05, 0) is 27.3 Å². The van der Waals surface area contributed by atoms with E-state index in [9.17, 15) is 0 Å². The van der Waals surface area contributed by atoms with Gasteiger partial charge in [-0.3, -0.25) is 0 Å². The highest BCUT2D eigenvalue weighted by Crippen LogP contribution is 2.17. The van der Waals surface area contributed by atoms with E-state index in [1.165, 1.54) is 6.42 Å². The van der Waals surface area contributed by atoms with Crippen molar-refractivity contribution in [3.8, 4) is 0 Å². The molecule has 3 atom stereocenters. The number of rotatable bonds is 3. The number of nitrogens with one attached hydrogen (secondary N) is 2. The fourth-order valence-electron chi connectivity index (χ4n) is 2.10. The van der Waals surface area contributed by atoms with E-state index in [0.717, 1.165) is 12.4 Å². The molecule has 0 radical (unpaired) electrons. The maximum Gasteiger partial charge on any atom is 0.191 e. The Morgan fingerprint density at radius 3 is 2.93 bits per heavy atom. The minimum atomic E-state index is 0.160. The lowest BCUT2D eigenvalue weighted by molar-refractivity contribution is 0.324. The summed E-state index contributed by atoms with van der Waals surface area (Å²) in [5, 5.41) is 17.5. The molecule has 0 bridgehead atoms. The second-order valence-electron chi connectivity index (χ2n) is 4.38. The number of hydrogen-bond donors (Lipinski definition) is 2. The van der Waals surface area contributed by atoms with Crippen LogP contribution in [0.3, 0.4) is 0 Å². The number of likely N-dealkylation sites (tertiary alicyclic amines) is 1. The second-order valence-corrected chi connectivity index (χ2v) is 4.38. The first kappa shape index (κ1) is 10.5. The maximum absolute atomic E-state index is 3.97. The number of aromatic nitrogens is 4. The van der Waals surface area contributed by atoms with Gasteiger partial charge in [0.15, 0.2) is 5.82 Å². The molecule has 84 valence electrons. The highest BCUT2D eigenvalue weighted by atomic mass is 15.5. The lowest BCUT2D eigenvalue weighted by Gasteiger charge is -2.16. The largest absolute Gasteiger partial charge is 0.303 e. The van der Waals surface area contributed by atoms with Crippen molar-refractivity contribution < 1.29 is 0 Å². The number of hydrogen-bond acceptors (Lipinski definition) is 5. The predicted molar refractivity (Wildman–Crippen MR) is 56.2 cm³/mol. The third-order valence-electron chi connectivity index (χ3n) is 3.12. The van der Waals surface area contributed by atoms with Crippen molar-refractivity contribution in [2.45, 2.75) is 38.4 Å². The molecule has 0 saturated carbocycles. The van der Waals surface area contributed by atoms with E-state index < -0.39 is 0 Å². The van der Waals surface area contributed by atoms with Crippen molar-refractivity contribution in [1.29, 1.82) is 0 Å². The van der Waals surface area contributed by atoms with Gasteiger partial charge < -0.3 is 10.2 Å². The number of tetrazole rings is 1. The van der Waals surface area contributed by atoms with Gasteiger partial charge in [0.25, 0.3) is 0 Å². The van der Waals surface area contributed by atoms with Crippen LogP contribution in [0.15, 0.2) is 0 Å². The van der Waals surface area contributed by atoms with Crippen molar-refractivity contribution in [1.82, 2.24) is 30.8 Å². The summed E-state index contributed by atoms with van der Waals surface area (Å²) in [5.74, 6) is 0.734. The van der Waals surface area contributed by atoms with Crippen LogP contribution in [-0.4, -0.2) is 51.2 Å². The third-order valence-corrected chi connectivity index (χ3v) is 3.12. The summed E-state index contributed by atoms with van der Waals surface area (Å²) >= 11 is 0. The van der Waals surface area contributed by atoms with E-state index in [4.69, 9.17) is 0 Å². The summed E-state index contributed by atoms with van der Waals surface area (Å²) in [6.45, 7) is 5.40. The Hall–Kier alpha value is -1.01. The van der Waals surface area contributed by atoms with Crippen molar-refractivity contribution in [3.05, 3.63) is 5.82 Å². The van der Waals surface area contributed by atoms with Crippen molar-refractivity contribution >= 4 is 0 Å². The van der Waals surface area contributed by atoms with Gasteiger partial charge in [-0.25, -0.2) is 0 Å². The van der Waals surface area contributed by atoms with Gasteiger partial charge in [0, 0.05) is 18.6 Å². The summed E-state index contributed by atoms with van der Waals surface area (Å²) in [7, 11) is 2.16. The average molecular weight is 210 g/mol. The van der Waals surface area contributed by atoms with Crippen LogP contribution in [0.2, 0.25) is 0 Å². The van der Waals surface area contributed by atoms with E-state index in [0.29, 0.717) is 12.1 Å². The molecule has 1 fully saturated rings. The molecule has 6 heteroatoms. The monoisotopic (exact) mass is 210 g/mol. The Labute approximate surface area is 89.4 Å². The Morgan fingerprint density at radius 2 is 2.40 bits per heavy atom. The Bertz CT molecular complexity index is 288. The fourth-order valence-corrected chi connectivity index (χ4v) is 2.10. The molecule has 15 heavy (non-hydrogen) atoms. The Balaban J connectivity index is 1.88. The van der Waals surface area contributed by atoms with Crippen LogP contribution in [0.4, 0.5) is 0 Å². The highest BCUT2D eigenvalue weighted by Gasteiger charge is 2.27. The Kier molecular flexibility index (Phi) is 2.97. The van der Waals surface area contributed by atoms with Crippen LogP contribution < -0.4 is 5.32 Å². The topological polar surface area (TPSA) is 69.7 Å². The van der Waals surface area contributed by atoms with E-state index in [2.05, 4.69) is 51.7 Å². The molecular weight excluding hydrogens is 192 g/mol. The van der Waals surface area contributed by atoms with Gasteiger partial charge >= 0.3 is 0 Å². The van der Waals surface area contributed by atoms with Gasteiger partial charge in [-0.15, -0.1) is 10.2 Å². The van der Waals surface area contributed by atoms with Crippen LogP contribution in [-0.2, 0) is 0 Å². The molecule has 1 aliphatic heterocycles. The van der Waals surface area contributed by atoms with E-state index >= 15 is 0 Å². The van der Waals surface area contributed by atoms with Crippen LogP contribution in [0.25, 0.3) is 0 Å². The molecule has 2 N–H and O–H groups in total. The summed E-state index contributed by atoms with van der Waals surface area (Å²) in [4.78, 5) is 2.36. The third kappa shape index (κ3) is 2.32. The van der Waals surface area contributed by atoms with Crippen molar-refractivity contribution in [2.75, 3.05) is 13.6 Å². The standard InChI is InChI=1S/C9H18N6/c1-6-4-8(5-15(6)3)10-7(2)9-11-13-14-12-9/h6-8,10H,4-5H2,1-3H3,(H,11,12,13,14). The van der Waals surface area contributed by atoms with Gasteiger partial charge in [-0.2, -0.15) is 5.21 Å². The summed E-state index contributed by atoms with van der Waals surface area (Å²) in [6.07, 6.45) is 1.18. The average Bonchev–Trinajstić information content (AvgIpc) is 2.77. The first-order chi connectivity index (χ1) is 7.16. The quantitative estimate of drug-likeness (QED) is 0.731. The molecule has 1 aliphatic rings. The molecule has 0 amide bonds. The zero-order valence-electron chi connectivity index (χ0n) is 9.44. The fraction of sp³-hybridized carbons (Fsp3) is 0.889. The molecule has 1 aromatic heterocycles. The smallest absolute Gasteiger partial charge is 0.191 e.